The fourth-order valence-corrected chi connectivity index (χ4v) is 4.11. The highest BCUT2D eigenvalue weighted by molar-refractivity contribution is 8.00. The van der Waals surface area contributed by atoms with Crippen LogP contribution >= 0.6 is 11.8 Å². The summed E-state index contributed by atoms with van der Waals surface area (Å²) in [7, 11) is 0. The highest BCUT2D eigenvalue weighted by Gasteiger charge is 2.32. The van der Waals surface area contributed by atoms with Gasteiger partial charge in [-0.05, 0) is 46.1 Å². The normalized spacial score (nSPS) is 15.7. The van der Waals surface area contributed by atoms with E-state index in [9.17, 15) is 4.79 Å². The largest absolute Gasteiger partial charge is 0.360 e. The number of carbonyl (C=O) groups is 1. The van der Waals surface area contributed by atoms with Gasteiger partial charge >= 0.3 is 0 Å². The molecule has 3 aromatic rings. The van der Waals surface area contributed by atoms with Gasteiger partial charge in [-0.1, -0.05) is 36.9 Å². The zero-order chi connectivity index (χ0) is 19.9. The Balaban J connectivity index is 1.62. The number of nitrogens with one attached hydrogen (secondary N) is 2. The van der Waals surface area contributed by atoms with E-state index in [1.54, 1.807) is 0 Å². The van der Waals surface area contributed by atoms with E-state index in [0.717, 1.165) is 46.7 Å². The van der Waals surface area contributed by atoms with E-state index >= 15 is 0 Å². The van der Waals surface area contributed by atoms with Crippen molar-refractivity contribution in [3.05, 3.63) is 30.5 Å². The lowest BCUT2D eigenvalue weighted by Crippen LogP contribution is -2.46. The van der Waals surface area contributed by atoms with Crippen molar-refractivity contribution in [2.75, 3.05) is 0 Å². The van der Waals surface area contributed by atoms with Crippen LogP contribution in [0.2, 0.25) is 0 Å². The van der Waals surface area contributed by atoms with E-state index in [-0.39, 0.29) is 16.7 Å². The molecule has 1 aliphatic rings. The highest BCUT2D eigenvalue weighted by atomic mass is 32.2. The molecular weight excluding hydrogens is 370 g/mol. The zero-order valence-electron chi connectivity index (χ0n) is 16.8. The Bertz CT molecular complexity index is 1000. The van der Waals surface area contributed by atoms with Crippen molar-refractivity contribution in [3.8, 4) is 11.4 Å². The lowest BCUT2D eigenvalue weighted by atomic mass is 10.0. The van der Waals surface area contributed by atoms with Crippen LogP contribution in [0.3, 0.4) is 0 Å². The van der Waals surface area contributed by atoms with Gasteiger partial charge in [-0.25, -0.2) is 0 Å². The number of rotatable bonds is 7. The van der Waals surface area contributed by atoms with Crippen LogP contribution in [0, 0.1) is 0 Å². The van der Waals surface area contributed by atoms with Crippen molar-refractivity contribution in [2.24, 2.45) is 0 Å². The number of hydrogen-bond donors (Lipinski definition) is 2. The third-order valence-corrected chi connectivity index (χ3v) is 6.46. The Kier molecular flexibility index (Phi) is 4.95. The molecule has 1 aliphatic carbocycles. The molecule has 2 heterocycles. The first-order valence-corrected chi connectivity index (χ1v) is 10.8. The first kappa shape index (κ1) is 19.1. The standard InChI is InChI=1S/C21H27N5OS/c1-5-21(3,4)23-19(27)13(2)28-20-25-24-18(26(20)14-10-11-14)16-12-22-17-9-7-6-8-15(16)17/h6-9,12-14,22H,5,10-11H2,1-4H3,(H,23,27). The van der Waals surface area contributed by atoms with E-state index in [2.05, 4.69) is 44.1 Å². The van der Waals surface area contributed by atoms with E-state index < -0.39 is 0 Å². The summed E-state index contributed by atoms with van der Waals surface area (Å²) in [6, 6.07) is 8.64. The molecule has 148 valence electrons. The molecule has 0 bridgehead atoms. The number of fused-ring (bicyclic) bond motifs is 1. The van der Waals surface area contributed by atoms with Crippen molar-refractivity contribution in [2.45, 2.75) is 68.9 Å². The number of para-hydroxylation sites is 1. The SMILES string of the molecule is CCC(C)(C)NC(=O)C(C)Sc1nnc(-c2c[nH]c3ccccc23)n1C1CC1. The van der Waals surface area contributed by atoms with Crippen molar-refractivity contribution in [1.82, 2.24) is 25.1 Å². The molecule has 7 heteroatoms. The average Bonchev–Trinajstić information content (AvgIpc) is 3.29. The Labute approximate surface area is 169 Å². The van der Waals surface area contributed by atoms with Crippen LogP contribution in [-0.4, -0.2) is 36.4 Å². The molecular formula is C21H27N5OS. The molecule has 2 N–H and O–H groups in total. The summed E-state index contributed by atoms with van der Waals surface area (Å²) in [6.45, 7) is 8.10. The molecule has 0 aliphatic heterocycles. The maximum Gasteiger partial charge on any atom is 0.233 e. The first-order valence-electron chi connectivity index (χ1n) is 9.89. The van der Waals surface area contributed by atoms with Crippen LogP contribution in [-0.2, 0) is 4.79 Å². The molecule has 1 amide bonds. The third-order valence-electron chi connectivity index (χ3n) is 5.40. The minimum absolute atomic E-state index is 0.0378. The Hall–Kier alpha value is -2.28. The smallest absolute Gasteiger partial charge is 0.233 e. The number of H-pyrrole nitrogens is 1. The topological polar surface area (TPSA) is 75.6 Å². The summed E-state index contributed by atoms with van der Waals surface area (Å²) in [5.74, 6) is 0.916. The van der Waals surface area contributed by atoms with Crippen LogP contribution in [0.1, 0.15) is 53.0 Å². The maximum absolute atomic E-state index is 12.6. The molecule has 4 rings (SSSR count). The molecule has 1 saturated carbocycles. The molecule has 1 fully saturated rings. The second kappa shape index (κ2) is 7.28. The minimum Gasteiger partial charge on any atom is -0.360 e. The lowest BCUT2D eigenvalue weighted by Gasteiger charge is -2.26. The van der Waals surface area contributed by atoms with Crippen molar-refractivity contribution in [3.63, 3.8) is 0 Å². The second-order valence-corrected chi connectivity index (χ2v) is 9.45. The fourth-order valence-electron chi connectivity index (χ4n) is 3.19. The van der Waals surface area contributed by atoms with Gasteiger partial charge in [0.05, 0.1) is 5.25 Å². The molecule has 0 saturated heterocycles. The average molecular weight is 398 g/mol. The van der Waals surface area contributed by atoms with E-state index in [1.165, 1.54) is 11.8 Å². The molecule has 6 nitrogen and oxygen atoms in total. The number of hydrogen-bond acceptors (Lipinski definition) is 4. The van der Waals surface area contributed by atoms with Crippen LogP contribution < -0.4 is 5.32 Å². The summed E-state index contributed by atoms with van der Waals surface area (Å²) < 4.78 is 2.22. The molecule has 28 heavy (non-hydrogen) atoms. The van der Waals surface area contributed by atoms with E-state index in [1.807, 2.05) is 39.1 Å². The van der Waals surface area contributed by atoms with Crippen LogP contribution in [0.25, 0.3) is 22.3 Å². The monoisotopic (exact) mass is 397 g/mol. The van der Waals surface area contributed by atoms with Gasteiger partial charge in [0.2, 0.25) is 5.91 Å². The third kappa shape index (κ3) is 3.68. The molecule has 1 atom stereocenters. The molecule has 0 spiro atoms. The summed E-state index contributed by atoms with van der Waals surface area (Å²) in [4.78, 5) is 16.0. The van der Waals surface area contributed by atoms with Gasteiger partial charge in [0.25, 0.3) is 0 Å². The zero-order valence-corrected chi connectivity index (χ0v) is 17.6. The molecule has 1 unspecified atom stereocenters. The van der Waals surface area contributed by atoms with Crippen molar-refractivity contribution in [1.29, 1.82) is 0 Å². The fraction of sp³-hybridized carbons (Fsp3) is 0.476. The number of nitrogens with zero attached hydrogens (tertiary/aromatic N) is 3. The van der Waals surface area contributed by atoms with Crippen LogP contribution in [0.15, 0.2) is 35.6 Å². The van der Waals surface area contributed by atoms with Gasteiger partial charge in [0.15, 0.2) is 11.0 Å². The van der Waals surface area contributed by atoms with Gasteiger partial charge in [-0.3, -0.25) is 9.36 Å². The Morgan fingerprint density at radius 3 is 2.82 bits per heavy atom. The summed E-state index contributed by atoms with van der Waals surface area (Å²) in [6.07, 6.45) is 5.15. The van der Waals surface area contributed by atoms with Gasteiger partial charge in [-0.15, -0.1) is 10.2 Å². The molecule has 1 aromatic carbocycles. The Morgan fingerprint density at radius 1 is 1.36 bits per heavy atom. The van der Waals surface area contributed by atoms with E-state index in [4.69, 9.17) is 0 Å². The van der Waals surface area contributed by atoms with Crippen LogP contribution in [0.5, 0.6) is 0 Å². The first-order chi connectivity index (χ1) is 13.4. The molecule has 0 radical (unpaired) electrons. The lowest BCUT2D eigenvalue weighted by molar-refractivity contribution is -0.121. The van der Waals surface area contributed by atoms with Gasteiger partial charge < -0.3 is 10.3 Å². The van der Waals surface area contributed by atoms with Crippen LogP contribution in [0.4, 0.5) is 0 Å². The number of benzene rings is 1. The van der Waals surface area contributed by atoms with Crippen molar-refractivity contribution < 1.29 is 4.79 Å². The number of aromatic nitrogens is 4. The number of aromatic amines is 1. The molecule has 2 aromatic heterocycles. The minimum atomic E-state index is -0.233. The van der Waals surface area contributed by atoms with Crippen molar-refractivity contribution >= 4 is 28.6 Å². The number of thioether (sulfide) groups is 1. The number of amides is 1. The second-order valence-electron chi connectivity index (χ2n) is 8.14. The summed E-state index contributed by atoms with van der Waals surface area (Å²) in [5.41, 5.74) is 1.95. The van der Waals surface area contributed by atoms with Gasteiger partial charge in [0.1, 0.15) is 0 Å². The highest BCUT2D eigenvalue weighted by Crippen LogP contribution is 2.42. The summed E-state index contributed by atoms with van der Waals surface area (Å²) >= 11 is 1.49. The predicted octanol–water partition coefficient (Wildman–Crippen LogP) is 4.55. The number of carbonyl (C=O) groups excluding carboxylic acids is 1. The predicted molar refractivity (Wildman–Crippen MR) is 113 cm³/mol. The van der Waals surface area contributed by atoms with Gasteiger partial charge in [0, 0.05) is 34.2 Å². The van der Waals surface area contributed by atoms with E-state index in [0.29, 0.717) is 6.04 Å². The Morgan fingerprint density at radius 2 is 2.11 bits per heavy atom. The quantitative estimate of drug-likeness (QED) is 0.574. The van der Waals surface area contributed by atoms with Gasteiger partial charge in [-0.2, -0.15) is 0 Å². The summed E-state index contributed by atoms with van der Waals surface area (Å²) in [5, 5.41) is 13.8. The maximum atomic E-state index is 12.6.